The molecule has 7 nitrogen and oxygen atoms in total. The van der Waals surface area contributed by atoms with E-state index in [1.54, 1.807) is 49.1 Å². The van der Waals surface area contributed by atoms with E-state index in [1.165, 1.54) is 15.6 Å². The summed E-state index contributed by atoms with van der Waals surface area (Å²) in [6.45, 7) is -0.121. The van der Waals surface area contributed by atoms with Gasteiger partial charge in [-0.3, -0.25) is 9.59 Å². The summed E-state index contributed by atoms with van der Waals surface area (Å²) >= 11 is 3.31. The molecule has 1 atom stereocenters. The molecule has 0 radical (unpaired) electrons. The Morgan fingerprint density at radius 1 is 1.19 bits per heavy atom. The Hall–Kier alpha value is -2.87. The zero-order chi connectivity index (χ0) is 18.1. The van der Waals surface area contributed by atoms with Gasteiger partial charge in [-0.05, 0) is 46.3 Å². The minimum Gasteiger partial charge on any atom is -0.467 e. The van der Waals surface area contributed by atoms with Crippen LogP contribution in [-0.4, -0.2) is 21.2 Å². The van der Waals surface area contributed by atoms with Crippen LogP contribution in [0.4, 0.5) is 0 Å². The zero-order valence-corrected chi connectivity index (χ0v) is 15.1. The predicted octanol–water partition coefficient (Wildman–Crippen LogP) is 3.17. The van der Waals surface area contributed by atoms with Gasteiger partial charge >= 0.3 is 0 Å². The Kier molecular flexibility index (Phi) is 4.34. The molecular formula is C18H14BrN3O4. The van der Waals surface area contributed by atoms with Crippen molar-refractivity contribution in [2.45, 2.75) is 19.0 Å². The molecule has 8 heteroatoms. The van der Waals surface area contributed by atoms with Gasteiger partial charge in [0.15, 0.2) is 0 Å². The molecule has 1 amide bonds. The van der Waals surface area contributed by atoms with Crippen LogP contribution < -0.4 is 5.56 Å². The molecule has 0 bridgehead atoms. The van der Waals surface area contributed by atoms with Crippen LogP contribution in [0.2, 0.25) is 0 Å². The van der Waals surface area contributed by atoms with E-state index in [9.17, 15) is 9.59 Å². The van der Waals surface area contributed by atoms with Crippen molar-refractivity contribution in [1.82, 2.24) is 9.58 Å². The van der Waals surface area contributed by atoms with Crippen molar-refractivity contribution in [3.8, 4) is 0 Å². The summed E-state index contributed by atoms with van der Waals surface area (Å²) in [6, 6.07) is 9.80. The molecule has 0 aromatic carbocycles. The van der Waals surface area contributed by atoms with Gasteiger partial charge in [0.1, 0.15) is 29.8 Å². The number of furan rings is 2. The number of hydrogen-bond donors (Lipinski definition) is 0. The maximum absolute atomic E-state index is 12.9. The minimum absolute atomic E-state index is 0.121. The highest BCUT2D eigenvalue weighted by atomic mass is 79.9. The van der Waals surface area contributed by atoms with Crippen molar-refractivity contribution in [1.29, 1.82) is 0 Å². The summed E-state index contributed by atoms with van der Waals surface area (Å²) in [6.07, 6.45) is 5.17. The van der Waals surface area contributed by atoms with Crippen molar-refractivity contribution < 1.29 is 13.6 Å². The van der Waals surface area contributed by atoms with Gasteiger partial charge in [0.05, 0.1) is 12.5 Å². The van der Waals surface area contributed by atoms with Gasteiger partial charge in [0.25, 0.3) is 11.5 Å². The second-order valence-corrected chi connectivity index (χ2v) is 6.73. The lowest BCUT2D eigenvalue weighted by atomic mass is 10.1. The van der Waals surface area contributed by atoms with Crippen molar-refractivity contribution in [2.24, 2.45) is 5.10 Å². The number of nitrogens with zero attached hydrogens (tertiary/aromatic N) is 3. The maximum Gasteiger partial charge on any atom is 0.263 e. The molecule has 3 aromatic rings. The number of hydrazone groups is 1. The molecule has 132 valence electrons. The van der Waals surface area contributed by atoms with Gasteiger partial charge in [-0.1, -0.05) is 0 Å². The van der Waals surface area contributed by atoms with E-state index in [2.05, 4.69) is 21.0 Å². The molecule has 4 rings (SSSR count). The Labute approximate surface area is 156 Å². The van der Waals surface area contributed by atoms with Crippen LogP contribution in [-0.2, 0) is 11.3 Å². The summed E-state index contributed by atoms with van der Waals surface area (Å²) < 4.78 is 12.9. The molecule has 0 saturated carbocycles. The number of hydrogen-bond acceptors (Lipinski definition) is 5. The van der Waals surface area contributed by atoms with E-state index in [-0.39, 0.29) is 24.1 Å². The fourth-order valence-electron chi connectivity index (χ4n) is 2.88. The van der Waals surface area contributed by atoms with Crippen molar-refractivity contribution in [3.05, 3.63) is 81.5 Å². The number of rotatable bonds is 4. The van der Waals surface area contributed by atoms with E-state index in [0.29, 0.717) is 28.1 Å². The fraction of sp³-hybridized carbons (Fsp3) is 0.167. The average Bonchev–Trinajstić information content (AvgIpc) is 3.38. The van der Waals surface area contributed by atoms with Crippen LogP contribution >= 0.6 is 15.9 Å². The first kappa shape index (κ1) is 16.6. The van der Waals surface area contributed by atoms with E-state index in [1.807, 2.05) is 0 Å². The number of amides is 1. The summed E-state index contributed by atoms with van der Waals surface area (Å²) in [5, 5.41) is 5.80. The lowest BCUT2D eigenvalue weighted by molar-refractivity contribution is -0.134. The minimum atomic E-state index is -0.375. The number of carbonyl (C=O) groups is 1. The molecular weight excluding hydrogens is 402 g/mol. The first-order valence-corrected chi connectivity index (χ1v) is 8.74. The van der Waals surface area contributed by atoms with Crippen molar-refractivity contribution >= 4 is 27.5 Å². The monoisotopic (exact) mass is 415 g/mol. The molecule has 0 aliphatic carbocycles. The van der Waals surface area contributed by atoms with E-state index in [4.69, 9.17) is 8.83 Å². The van der Waals surface area contributed by atoms with Gasteiger partial charge in [0, 0.05) is 23.2 Å². The van der Waals surface area contributed by atoms with Gasteiger partial charge in [-0.2, -0.15) is 5.10 Å². The van der Waals surface area contributed by atoms with Crippen molar-refractivity contribution in [2.75, 3.05) is 0 Å². The Morgan fingerprint density at radius 3 is 2.73 bits per heavy atom. The second-order valence-electron chi connectivity index (χ2n) is 5.81. The Balaban J connectivity index is 1.65. The lowest BCUT2D eigenvalue weighted by Crippen LogP contribution is -2.33. The van der Waals surface area contributed by atoms with Crippen LogP contribution in [0.1, 0.15) is 24.0 Å². The SMILES string of the molecule is O=C(Cn1cc(Br)ccc1=O)N1N=C(c2ccco2)C[C@H]1c1ccco1. The molecule has 1 aliphatic rings. The van der Waals surface area contributed by atoms with Gasteiger partial charge in [-0.25, -0.2) is 5.01 Å². The zero-order valence-electron chi connectivity index (χ0n) is 13.5. The smallest absolute Gasteiger partial charge is 0.263 e. The number of carbonyl (C=O) groups excluding carboxylic acids is 1. The Morgan fingerprint density at radius 2 is 2.00 bits per heavy atom. The number of halogens is 1. The summed E-state index contributed by atoms with van der Waals surface area (Å²) in [7, 11) is 0. The van der Waals surface area contributed by atoms with E-state index < -0.39 is 0 Å². The van der Waals surface area contributed by atoms with E-state index >= 15 is 0 Å². The molecule has 0 spiro atoms. The van der Waals surface area contributed by atoms with Gasteiger partial charge < -0.3 is 13.4 Å². The van der Waals surface area contributed by atoms with Gasteiger partial charge in [-0.15, -0.1) is 0 Å². The molecule has 0 N–H and O–H groups in total. The molecule has 26 heavy (non-hydrogen) atoms. The highest BCUT2D eigenvalue weighted by Gasteiger charge is 2.35. The highest BCUT2D eigenvalue weighted by Crippen LogP contribution is 2.33. The fourth-order valence-corrected chi connectivity index (χ4v) is 3.26. The molecule has 0 saturated heterocycles. The molecule has 0 fully saturated rings. The third-order valence-corrected chi connectivity index (χ3v) is 4.57. The summed E-state index contributed by atoms with van der Waals surface area (Å²) in [4.78, 5) is 24.9. The number of pyridine rings is 1. The van der Waals surface area contributed by atoms with Crippen LogP contribution in [0.15, 0.2) is 78.3 Å². The number of aromatic nitrogens is 1. The second kappa shape index (κ2) is 6.80. The first-order valence-electron chi connectivity index (χ1n) is 7.94. The highest BCUT2D eigenvalue weighted by molar-refractivity contribution is 9.10. The summed E-state index contributed by atoms with van der Waals surface area (Å²) in [5.74, 6) is 0.926. The molecule has 1 aliphatic heterocycles. The van der Waals surface area contributed by atoms with E-state index in [0.717, 1.165) is 0 Å². The predicted molar refractivity (Wildman–Crippen MR) is 96.6 cm³/mol. The Bertz CT molecular complexity index is 1010. The third kappa shape index (κ3) is 3.15. The maximum atomic E-state index is 12.9. The topological polar surface area (TPSA) is 81.0 Å². The molecule has 4 heterocycles. The summed E-state index contributed by atoms with van der Waals surface area (Å²) in [5.41, 5.74) is 0.400. The van der Waals surface area contributed by atoms with Gasteiger partial charge in [0.2, 0.25) is 0 Å². The van der Waals surface area contributed by atoms with Crippen LogP contribution in [0.3, 0.4) is 0 Å². The van der Waals surface area contributed by atoms with Crippen LogP contribution in [0.5, 0.6) is 0 Å². The third-order valence-electron chi connectivity index (χ3n) is 4.10. The lowest BCUT2D eigenvalue weighted by Gasteiger charge is -2.20. The quantitative estimate of drug-likeness (QED) is 0.655. The van der Waals surface area contributed by atoms with Crippen LogP contribution in [0.25, 0.3) is 0 Å². The average molecular weight is 416 g/mol. The normalized spacial score (nSPS) is 16.7. The van der Waals surface area contributed by atoms with Crippen molar-refractivity contribution in [3.63, 3.8) is 0 Å². The van der Waals surface area contributed by atoms with Crippen LogP contribution in [0, 0.1) is 0 Å². The molecule has 3 aromatic heterocycles. The first-order chi connectivity index (χ1) is 12.6. The standard InChI is InChI=1S/C18H14BrN3O4/c19-12-5-6-17(23)21(10-12)11-18(24)22-14(16-4-2-8-26-16)9-13(20-22)15-3-1-7-25-15/h1-8,10,14H,9,11H2/t14-/m0/s1. The molecule has 0 unspecified atom stereocenters. The largest absolute Gasteiger partial charge is 0.467 e.